The van der Waals surface area contributed by atoms with E-state index in [4.69, 9.17) is 4.74 Å². The van der Waals surface area contributed by atoms with Crippen LogP contribution in [-0.4, -0.2) is 27.6 Å². The predicted octanol–water partition coefficient (Wildman–Crippen LogP) is 2.29. The highest BCUT2D eigenvalue weighted by atomic mass is 32.2. The first-order valence-corrected chi connectivity index (χ1v) is 7.87. The van der Waals surface area contributed by atoms with Gasteiger partial charge in [-0.05, 0) is 12.1 Å². The van der Waals surface area contributed by atoms with Crippen molar-refractivity contribution in [1.82, 2.24) is 4.98 Å². The number of aromatic nitrogens is 1. The van der Waals surface area contributed by atoms with Crippen LogP contribution in [0.15, 0.2) is 29.6 Å². The maximum Gasteiger partial charge on any atom is 0.272 e. The summed E-state index contributed by atoms with van der Waals surface area (Å²) in [7, 11) is -0.796. The van der Waals surface area contributed by atoms with Crippen LogP contribution in [0.25, 0.3) is 10.6 Å². The van der Waals surface area contributed by atoms with Crippen LogP contribution < -0.4 is 4.74 Å². The topological polar surface area (TPSA) is 65.5 Å². The Morgan fingerprint density at radius 3 is 2.79 bits per heavy atom. The molecular weight excluding hydrogens is 286 g/mol. The first-order chi connectivity index (χ1) is 9.04. The normalized spacial score (nSPS) is 11.5. The van der Waals surface area contributed by atoms with Gasteiger partial charge in [0.2, 0.25) is 0 Å². The van der Waals surface area contributed by atoms with Crippen LogP contribution in [0.2, 0.25) is 0 Å². The first kappa shape index (κ1) is 14.0. The Bertz CT molecular complexity index is 664. The summed E-state index contributed by atoms with van der Waals surface area (Å²) in [6.45, 7) is 0. The van der Waals surface area contributed by atoms with Gasteiger partial charge in [-0.25, -0.2) is 4.98 Å². The predicted molar refractivity (Wildman–Crippen MR) is 73.7 cm³/mol. The fraction of sp³-hybridized carbons (Fsp3) is 0.250. The van der Waals surface area contributed by atoms with Crippen LogP contribution in [-0.2, 0) is 20.1 Å². The second-order valence-corrected chi connectivity index (χ2v) is 6.34. The molecule has 102 valence electrons. The largest absolute Gasteiger partial charge is 0.497 e. The highest BCUT2D eigenvalue weighted by Crippen LogP contribution is 2.27. The summed E-state index contributed by atoms with van der Waals surface area (Å²) < 4.78 is 32.2. The van der Waals surface area contributed by atoms with Gasteiger partial charge in [0.25, 0.3) is 10.1 Å². The van der Waals surface area contributed by atoms with Crippen LogP contribution in [0.1, 0.15) is 5.69 Å². The second-order valence-electron chi connectivity index (χ2n) is 3.74. The molecule has 2 rings (SSSR count). The molecular formula is C12H13NO4S2. The minimum Gasteiger partial charge on any atom is -0.497 e. The Balaban J connectivity index is 2.25. The van der Waals surface area contributed by atoms with Crippen molar-refractivity contribution >= 4 is 21.5 Å². The van der Waals surface area contributed by atoms with Crippen molar-refractivity contribution in [3.8, 4) is 16.3 Å². The van der Waals surface area contributed by atoms with E-state index in [1.54, 1.807) is 12.5 Å². The molecule has 0 unspecified atom stereocenters. The van der Waals surface area contributed by atoms with E-state index in [9.17, 15) is 8.42 Å². The molecule has 1 aromatic heterocycles. The lowest BCUT2D eigenvalue weighted by Crippen LogP contribution is -2.05. The molecule has 7 heteroatoms. The van der Waals surface area contributed by atoms with Crippen LogP contribution >= 0.6 is 11.3 Å². The van der Waals surface area contributed by atoms with Crippen molar-refractivity contribution in [3.05, 3.63) is 35.3 Å². The summed E-state index contributed by atoms with van der Waals surface area (Å²) in [6, 6.07) is 7.46. The molecule has 19 heavy (non-hydrogen) atoms. The zero-order valence-corrected chi connectivity index (χ0v) is 12.1. The van der Waals surface area contributed by atoms with Gasteiger partial charge in [0, 0.05) is 10.9 Å². The van der Waals surface area contributed by atoms with Crippen LogP contribution in [0, 0.1) is 0 Å². The smallest absolute Gasteiger partial charge is 0.272 e. The number of hydrogen-bond donors (Lipinski definition) is 0. The standard InChI is InChI=1S/C12H13NO4S2/c1-16-11-5-3-4-9(6-11)12-13-10(7-18-12)8-19(14,15)17-2/h3-7H,8H2,1-2H3. The van der Waals surface area contributed by atoms with E-state index in [0.717, 1.165) is 23.4 Å². The molecule has 0 aliphatic heterocycles. The van der Waals surface area contributed by atoms with E-state index in [1.165, 1.54) is 11.3 Å². The van der Waals surface area contributed by atoms with Crippen molar-refractivity contribution in [2.45, 2.75) is 5.75 Å². The molecule has 0 radical (unpaired) electrons. The molecule has 0 saturated heterocycles. The number of thiazole rings is 1. The minimum absolute atomic E-state index is 0.218. The fourth-order valence-electron chi connectivity index (χ4n) is 1.50. The van der Waals surface area contributed by atoms with Gasteiger partial charge in [-0.2, -0.15) is 8.42 Å². The first-order valence-electron chi connectivity index (χ1n) is 5.41. The van der Waals surface area contributed by atoms with Crippen molar-refractivity contribution < 1.29 is 17.3 Å². The lowest BCUT2D eigenvalue weighted by atomic mass is 10.2. The van der Waals surface area contributed by atoms with E-state index < -0.39 is 10.1 Å². The van der Waals surface area contributed by atoms with E-state index in [-0.39, 0.29) is 5.75 Å². The van der Waals surface area contributed by atoms with E-state index in [1.807, 2.05) is 24.3 Å². The maximum atomic E-state index is 11.3. The van der Waals surface area contributed by atoms with Crippen molar-refractivity contribution in [2.24, 2.45) is 0 Å². The summed E-state index contributed by atoms with van der Waals surface area (Å²) in [5.41, 5.74) is 1.37. The Morgan fingerprint density at radius 2 is 2.11 bits per heavy atom. The quantitative estimate of drug-likeness (QED) is 0.793. The van der Waals surface area contributed by atoms with E-state index >= 15 is 0 Å². The Labute approximate surface area is 116 Å². The van der Waals surface area contributed by atoms with Gasteiger partial charge in [0.1, 0.15) is 16.5 Å². The lowest BCUT2D eigenvalue weighted by Gasteiger charge is -2.01. The molecule has 5 nitrogen and oxygen atoms in total. The zero-order valence-electron chi connectivity index (χ0n) is 10.5. The van der Waals surface area contributed by atoms with Crippen LogP contribution in [0.3, 0.4) is 0 Å². The minimum atomic E-state index is -3.53. The maximum absolute atomic E-state index is 11.3. The highest BCUT2D eigenvalue weighted by molar-refractivity contribution is 7.85. The number of ether oxygens (including phenoxy) is 1. The summed E-state index contributed by atoms with van der Waals surface area (Å²) in [5.74, 6) is 0.517. The average molecular weight is 299 g/mol. The molecule has 0 spiro atoms. The van der Waals surface area contributed by atoms with Gasteiger partial charge < -0.3 is 4.74 Å². The molecule has 0 fully saturated rings. The number of rotatable bonds is 5. The van der Waals surface area contributed by atoms with Crippen LogP contribution in [0.4, 0.5) is 0 Å². The molecule has 0 amide bonds. The summed E-state index contributed by atoms with van der Waals surface area (Å²) in [4.78, 5) is 4.29. The summed E-state index contributed by atoms with van der Waals surface area (Å²) in [5, 5.41) is 2.46. The number of benzene rings is 1. The molecule has 0 N–H and O–H groups in total. The molecule has 0 atom stereocenters. The summed E-state index contributed by atoms with van der Waals surface area (Å²) in [6.07, 6.45) is 0. The Kier molecular flexibility index (Phi) is 4.18. The van der Waals surface area contributed by atoms with Gasteiger partial charge in [-0.1, -0.05) is 12.1 Å². The summed E-state index contributed by atoms with van der Waals surface area (Å²) >= 11 is 1.39. The molecule has 0 bridgehead atoms. The SMILES string of the molecule is COc1cccc(-c2nc(CS(=O)(=O)OC)cs2)c1. The monoisotopic (exact) mass is 299 g/mol. The lowest BCUT2D eigenvalue weighted by molar-refractivity contribution is 0.396. The fourth-order valence-corrected chi connectivity index (χ4v) is 3.05. The van der Waals surface area contributed by atoms with E-state index in [0.29, 0.717) is 5.69 Å². The van der Waals surface area contributed by atoms with Crippen molar-refractivity contribution in [1.29, 1.82) is 0 Å². The second kappa shape index (κ2) is 5.68. The molecule has 2 aromatic rings. The number of methoxy groups -OCH3 is 1. The van der Waals surface area contributed by atoms with E-state index in [2.05, 4.69) is 9.17 Å². The van der Waals surface area contributed by atoms with Crippen molar-refractivity contribution in [3.63, 3.8) is 0 Å². The third kappa shape index (κ3) is 3.52. The molecule has 0 saturated carbocycles. The van der Waals surface area contributed by atoms with Crippen molar-refractivity contribution in [2.75, 3.05) is 14.2 Å². The third-order valence-electron chi connectivity index (χ3n) is 2.45. The van der Waals surface area contributed by atoms with Crippen LogP contribution in [0.5, 0.6) is 5.75 Å². The zero-order chi connectivity index (χ0) is 13.9. The average Bonchev–Trinajstić information content (AvgIpc) is 2.86. The van der Waals surface area contributed by atoms with Gasteiger partial charge in [-0.3, -0.25) is 4.18 Å². The van der Waals surface area contributed by atoms with Gasteiger partial charge in [0.15, 0.2) is 0 Å². The number of nitrogens with zero attached hydrogens (tertiary/aromatic N) is 1. The van der Waals surface area contributed by atoms with Gasteiger partial charge in [0.05, 0.1) is 19.9 Å². The molecule has 0 aliphatic carbocycles. The molecule has 1 aromatic carbocycles. The Hall–Kier alpha value is -1.44. The molecule has 1 heterocycles. The molecule has 0 aliphatic rings. The highest BCUT2D eigenvalue weighted by Gasteiger charge is 2.14. The van der Waals surface area contributed by atoms with Gasteiger partial charge in [-0.15, -0.1) is 11.3 Å². The third-order valence-corrected chi connectivity index (χ3v) is 4.54. The number of hydrogen-bond acceptors (Lipinski definition) is 6. The Morgan fingerprint density at radius 1 is 1.32 bits per heavy atom. The van der Waals surface area contributed by atoms with Gasteiger partial charge >= 0.3 is 0 Å².